The van der Waals surface area contributed by atoms with Gasteiger partial charge in [-0.2, -0.15) is 0 Å². The number of benzene rings is 3. The highest BCUT2D eigenvalue weighted by Crippen LogP contribution is 2.38. The van der Waals surface area contributed by atoms with Crippen LogP contribution in [-0.4, -0.2) is 26.8 Å². The van der Waals surface area contributed by atoms with Gasteiger partial charge >= 0.3 is 0 Å². The molecular weight excluding hydrogens is 563 g/mol. The van der Waals surface area contributed by atoms with E-state index < -0.39 is 6.04 Å². The van der Waals surface area contributed by atoms with Gasteiger partial charge in [-0.1, -0.05) is 47.7 Å². The molecule has 204 valence electrons. The summed E-state index contributed by atoms with van der Waals surface area (Å²) in [6.45, 7) is 2.02. The predicted molar refractivity (Wildman–Crippen MR) is 170 cm³/mol. The van der Waals surface area contributed by atoms with E-state index in [0.29, 0.717) is 21.3 Å². The van der Waals surface area contributed by atoms with Crippen molar-refractivity contribution in [3.8, 4) is 0 Å². The van der Waals surface area contributed by atoms with E-state index in [9.17, 15) is 9.59 Å². The lowest BCUT2D eigenvalue weighted by Gasteiger charge is -2.28. The number of nitrogens with zero attached hydrogens (tertiary/aromatic N) is 4. The largest absolute Gasteiger partial charge is 0.323 e. The van der Waals surface area contributed by atoms with Crippen LogP contribution in [0.4, 0.5) is 10.8 Å². The zero-order valence-corrected chi connectivity index (χ0v) is 24.0. The van der Waals surface area contributed by atoms with Crippen molar-refractivity contribution < 1.29 is 9.59 Å². The Hall–Kier alpha value is -4.99. The first-order chi connectivity index (χ1) is 20.5. The van der Waals surface area contributed by atoms with Gasteiger partial charge in [-0.15, -0.1) is 11.3 Å². The lowest BCUT2D eigenvalue weighted by molar-refractivity contribution is -0.117. The summed E-state index contributed by atoms with van der Waals surface area (Å²) in [5, 5.41) is 7.11. The number of amides is 2. The summed E-state index contributed by atoms with van der Waals surface area (Å²) in [7, 11) is 0. The fraction of sp³-hybridized carbons (Fsp3) is 0.0606. The van der Waals surface area contributed by atoms with Gasteiger partial charge < -0.3 is 5.32 Å². The number of pyridine rings is 2. The topological polar surface area (TPSA) is 88.1 Å². The number of thiazole rings is 1. The van der Waals surface area contributed by atoms with E-state index in [1.807, 2.05) is 97.2 Å². The monoisotopic (exact) mass is 585 g/mol. The molecule has 0 saturated heterocycles. The van der Waals surface area contributed by atoms with Gasteiger partial charge in [0.25, 0.3) is 11.8 Å². The van der Waals surface area contributed by atoms with Crippen LogP contribution in [0, 0.1) is 6.92 Å². The lowest BCUT2D eigenvalue weighted by atomic mass is 10.1. The average molecular weight is 586 g/mol. The molecule has 0 spiro atoms. The molecule has 3 aromatic carbocycles. The van der Waals surface area contributed by atoms with Crippen LogP contribution in [0.15, 0.2) is 109 Å². The number of nitrogens with one attached hydrogen (secondary N) is 1. The number of rotatable bonds is 6. The third-order valence-electron chi connectivity index (χ3n) is 6.98. The van der Waals surface area contributed by atoms with Crippen LogP contribution in [0.2, 0.25) is 0 Å². The molecule has 4 aromatic heterocycles. The van der Waals surface area contributed by atoms with E-state index in [4.69, 9.17) is 4.98 Å². The molecular formula is C33H23N5O2S2. The van der Waals surface area contributed by atoms with E-state index in [0.717, 1.165) is 37.6 Å². The summed E-state index contributed by atoms with van der Waals surface area (Å²) in [6.07, 6.45) is 3.35. The Balaban J connectivity index is 1.36. The van der Waals surface area contributed by atoms with Crippen molar-refractivity contribution in [2.24, 2.45) is 0 Å². The summed E-state index contributed by atoms with van der Waals surface area (Å²) >= 11 is 2.81. The molecule has 0 fully saturated rings. The number of fused-ring (bicyclic) bond motifs is 3. The number of aromatic nitrogens is 3. The van der Waals surface area contributed by atoms with Crippen molar-refractivity contribution in [3.05, 3.63) is 125 Å². The summed E-state index contributed by atoms with van der Waals surface area (Å²) in [6, 6.07) is 27.5. The van der Waals surface area contributed by atoms with Crippen LogP contribution in [0.3, 0.4) is 0 Å². The molecule has 1 N–H and O–H groups in total. The standard InChI is InChI=1S/C33H23N5O2S2/c1-20-10-12-27-29(16-20)42-33(37-27)38(32(40)23-11-13-26-21(17-23)7-4-14-34-26)30(28-9-5-15-41-28)31(39)36-24-18-22-6-2-3-8-25(22)35-19-24/h2-19,30H,1H3,(H,36,39). The van der Waals surface area contributed by atoms with Gasteiger partial charge in [-0.3, -0.25) is 24.5 Å². The summed E-state index contributed by atoms with van der Waals surface area (Å²) in [5.74, 6) is -0.692. The molecule has 0 aliphatic rings. The number of carbonyl (C=O) groups excluding carboxylic acids is 2. The lowest BCUT2D eigenvalue weighted by Crippen LogP contribution is -2.41. The fourth-order valence-electron chi connectivity index (χ4n) is 4.96. The van der Waals surface area contributed by atoms with Gasteiger partial charge in [0.2, 0.25) is 0 Å². The van der Waals surface area contributed by atoms with E-state index in [-0.39, 0.29) is 11.8 Å². The summed E-state index contributed by atoms with van der Waals surface area (Å²) < 4.78 is 0.939. The second-order valence-corrected chi connectivity index (χ2v) is 11.9. The minimum atomic E-state index is -0.977. The Morgan fingerprint density at radius 1 is 0.833 bits per heavy atom. The highest BCUT2D eigenvalue weighted by molar-refractivity contribution is 7.22. The Morgan fingerprint density at radius 2 is 1.64 bits per heavy atom. The Morgan fingerprint density at radius 3 is 2.52 bits per heavy atom. The normalized spacial score (nSPS) is 12.0. The van der Waals surface area contributed by atoms with Crippen molar-refractivity contribution in [1.29, 1.82) is 0 Å². The molecule has 7 aromatic rings. The number of carbonyl (C=O) groups is 2. The number of thiophene rings is 1. The van der Waals surface area contributed by atoms with Gasteiger partial charge in [0, 0.05) is 27.4 Å². The fourth-order valence-corrected chi connectivity index (χ4v) is 6.86. The van der Waals surface area contributed by atoms with E-state index in [1.54, 1.807) is 18.5 Å². The number of anilines is 2. The third kappa shape index (κ3) is 4.89. The first-order valence-corrected chi connectivity index (χ1v) is 15.0. The molecule has 2 amide bonds. The van der Waals surface area contributed by atoms with E-state index >= 15 is 0 Å². The SMILES string of the molecule is Cc1ccc2nc(N(C(=O)c3ccc4ncccc4c3)C(C(=O)Nc3cnc4ccccc4c3)c3cccs3)sc2c1. The molecule has 9 heteroatoms. The molecule has 1 unspecified atom stereocenters. The van der Waals surface area contributed by atoms with Crippen molar-refractivity contribution in [3.63, 3.8) is 0 Å². The van der Waals surface area contributed by atoms with Crippen LogP contribution in [0.1, 0.15) is 26.8 Å². The van der Waals surface area contributed by atoms with Crippen molar-refractivity contribution in [2.75, 3.05) is 10.2 Å². The van der Waals surface area contributed by atoms with Crippen LogP contribution >= 0.6 is 22.7 Å². The molecule has 42 heavy (non-hydrogen) atoms. The van der Waals surface area contributed by atoms with Gasteiger partial charge in [-0.25, -0.2) is 4.98 Å². The highest BCUT2D eigenvalue weighted by Gasteiger charge is 2.36. The Bertz CT molecular complexity index is 2110. The molecule has 0 radical (unpaired) electrons. The minimum Gasteiger partial charge on any atom is -0.323 e. The highest BCUT2D eigenvalue weighted by atomic mass is 32.1. The number of hydrogen-bond donors (Lipinski definition) is 1. The van der Waals surface area contributed by atoms with Crippen molar-refractivity contribution in [1.82, 2.24) is 15.0 Å². The molecule has 7 rings (SSSR count). The van der Waals surface area contributed by atoms with Crippen LogP contribution < -0.4 is 10.2 Å². The molecule has 0 aliphatic carbocycles. The summed E-state index contributed by atoms with van der Waals surface area (Å²) in [5.41, 5.74) is 4.46. The maximum Gasteiger partial charge on any atom is 0.261 e. The smallest absolute Gasteiger partial charge is 0.261 e. The molecule has 0 aliphatic heterocycles. The second-order valence-electron chi connectivity index (χ2n) is 9.88. The molecule has 1 atom stereocenters. The van der Waals surface area contributed by atoms with Crippen LogP contribution in [0.25, 0.3) is 32.0 Å². The maximum atomic E-state index is 14.5. The molecule has 0 saturated carbocycles. The zero-order valence-electron chi connectivity index (χ0n) is 22.4. The Labute approximate surface area is 249 Å². The van der Waals surface area contributed by atoms with Gasteiger partial charge in [-0.05, 0) is 72.5 Å². The van der Waals surface area contributed by atoms with Crippen molar-refractivity contribution >= 4 is 77.3 Å². The van der Waals surface area contributed by atoms with E-state index in [1.165, 1.54) is 27.6 Å². The Kier molecular flexibility index (Phi) is 6.65. The number of aryl methyl sites for hydroxylation is 1. The first kappa shape index (κ1) is 25.9. The first-order valence-electron chi connectivity index (χ1n) is 13.3. The zero-order chi connectivity index (χ0) is 28.6. The minimum absolute atomic E-state index is 0.332. The number of hydrogen-bond acceptors (Lipinski definition) is 7. The van der Waals surface area contributed by atoms with E-state index in [2.05, 4.69) is 15.3 Å². The van der Waals surface area contributed by atoms with Gasteiger partial charge in [0.15, 0.2) is 11.2 Å². The quantitative estimate of drug-likeness (QED) is 0.215. The van der Waals surface area contributed by atoms with Crippen molar-refractivity contribution in [2.45, 2.75) is 13.0 Å². The van der Waals surface area contributed by atoms with Gasteiger partial charge in [0.1, 0.15) is 0 Å². The number of para-hydroxylation sites is 1. The van der Waals surface area contributed by atoms with Crippen LogP contribution in [0.5, 0.6) is 0 Å². The molecule has 0 bridgehead atoms. The van der Waals surface area contributed by atoms with Gasteiger partial charge in [0.05, 0.1) is 33.1 Å². The average Bonchev–Trinajstić information content (AvgIpc) is 3.69. The molecule has 7 nitrogen and oxygen atoms in total. The predicted octanol–water partition coefficient (Wildman–Crippen LogP) is 7.79. The van der Waals surface area contributed by atoms with Crippen LogP contribution in [-0.2, 0) is 4.79 Å². The second kappa shape index (κ2) is 10.8. The maximum absolute atomic E-state index is 14.5. The molecule has 4 heterocycles. The summed E-state index contributed by atoms with van der Waals surface area (Å²) in [4.78, 5) is 44.7. The third-order valence-corrected chi connectivity index (χ3v) is 8.93.